The molecule has 0 radical (unpaired) electrons. The topological polar surface area (TPSA) is 95.5 Å². The van der Waals surface area contributed by atoms with Gasteiger partial charge in [0.15, 0.2) is 0 Å². The maximum absolute atomic E-state index is 12.3. The molecule has 2 rings (SSSR count). The number of hydrogen-bond donors (Lipinski definition) is 3. The van der Waals surface area contributed by atoms with Crippen LogP contribution in [0.4, 0.5) is 0 Å². The number of halogens is 1. The first kappa shape index (κ1) is 18.3. The molecular weight excluding hydrogens is 332 g/mol. The van der Waals surface area contributed by atoms with Crippen molar-refractivity contribution < 1.29 is 19.5 Å². The molecule has 7 heteroatoms. The van der Waals surface area contributed by atoms with E-state index in [2.05, 4.69) is 10.6 Å². The first-order chi connectivity index (χ1) is 11.3. The second-order valence-corrected chi connectivity index (χ2v) is 6.56. The van der Waals surface area contributed by atoms with Crippen molar-refractivity contribution in [1.29, 1.82) is 0 Å². The molecule has 6 nitrogen and oxygen atoms in total. The number of carbonyl (C=O) groups excluding carboxylic acids is 2. The van der Waals surface area contributed by atoms with E-state index >= 15 is 0 Å². The molecule has 24 heavy (non-hydrogen) atoms. The summed E-state index contributed by atoms with van der Waals surface area (Å²) in [5, 5.41) is 15.2. The second kappa shape index (κ2) is 8.15. The van der Waals surface area contributed by atoms with Crippen molar-refractivity contribution in [2.45, 2.75) is 44.7 Å². The smallest absolute Gasteiger partial charge is 0.306 e. The van der Waals surface area contributed by atoms with E-state index in [1.54, 1.807) is 24.3 Å². The zero-order valence-corrected chi connectivity index (χ0v) is 14.2. The highest BCUT2D eigenvalue weighted by Crippen LogP contribution is 2.26. The first-order valence-corrected chi connectivity index (χ1v) is 8.27. The number of carboxylic acid groups (broad SMARTS) is 1. The van der Waals surface area contributed by atoms with Gasteiger partial charge in [-0.3, -0.25) is 14.4 Å². The lowest BCUT2D eigenvalue weighted by Crippen LogP contribution is -2.37. The summed E-state index contributed by atoms with van der Waals surface area (Å²) in [6.45, 7) is 1.40. The van der Waals surface area contributed by atoms with Gasteiger partial charge in [0.2, 0.25) is 11.8 Å². The molecule has 130 valence electrons. The maximum Gasteiger partial charge on any atom is 0.306 e. The summed E-state index contributed by atoms with van der Waals surface area (Å²) in [6, 6.07) is 6.38. The van der Waals surface area contributed by atoms with Gasteiger partial charge in [-0.2, -0.15) is 0 Å². The van der Waals surface area contributed by atoms with Gasteiger partial charge in [0.05, 0.1) is 18.4 Å². The molecule has 1 aliphatic carbocycles. The Labute approximate surface area is 145 Å². The molecule has 0 spiro atoms. The Bertz CT molecular complexity index is 618. The van der Waals surface area contributed by atoms with E-state index in [1.165, 1.54) is 6.92 Å². The molecule has 2 amide bonds. The normalized spacial score (nSPS) is 21.1. The van der Waals surface area contributed by atoms with Gasteiger partial charge in [0.1, 0.15) is 0 Å². The van der Waals surface area contributed by atoms with E-state index < -0.39 is 17.9 Å². The van der Waals surface area contributed by atoms with Crippen LogP contribution < -0.4 is 10.6 Å². The molecule has 1 aromatic rings. The molecule has 1 unspecified atom stereocenters. The van der Waals surface area contributed by atoms with E-state index in [0.29, 0.717) is 24.3 Å². The Morgan fingerprint density at radius 2 is 1.92 bits per heavy atom. The molecule has 1 fully saturated rings. The van der Waals surface area contributed by atoms with E-state index in [4.69, 9.17) is 16.7 Å². The van der Waals surface area contributed by atoms with Crippen LogP contribution in [0.5, 0.6) is 0 Å². The van der Waals surface area contributed by atoms with Crippen molar-refractivity contribution in [2.75, 3.05) is 0 Å². The van der Waals surface area contributed by atoms with Crippen molar-refractivity contribution in [3.63, 3.8) is 0 Å². The summed E-state index contributed by atoms with van der Waals surface area (Å²) < 4.78 is 0. The second-order valence-electron chi connectivity index (χ2n) is 6.12. The molecule has 0 bridgehead atoms. The summed E-state index contributed by atoms with van der Waals surface area (Å²) in [7, 11) is 0. The van der Waals surface area contributed by atoms with Gasteiger partial charge in [0.25, 0.3) is 0 Å². The van der Waals surface area contributed by atoms with E-state index in [-0.39, 0.29) is 24.3 Å². The Kier molecular flexibility index (Phi) is 6.20. The molecule has 3 N–H and O–H groups in total. The largest absolute Gasteiger partial charge is 0.481 e. The number of amides is 2. The average molecular weight is 353 g/mol. The fourth-order valence-corrected chi connectivity index (χ4v) is 3.13. The van der Waals surface area contributed by atoms with Gasteiger partial charge in [-0.1, -0.05) is 23.7 Å². The molecule has 0 saturated heterocycles. The lowest BCUT2D eigenvalue weighted by atomic mass is 10.0. The molecule has 1 aromatic carbocycles. The monoisotopic (exact) mass is 352 g/mol. The number of carboxylic acids is 1. The van der Waals surface area contributed by atoms with Gasteiger partial charge < -0.3 is 15.7 Å². The summed E-state index contributed by atoms with van der Waals surface area (Å²) >= 11 is 5.87. The molecule has 0 heterocycles. The molecule has 0 aliphatic heterocycles. The molecule has 3 atom stereocenters. The van der Waals surface area contributed by atoms with E-state index in [0.717, 1.165) is 5.56 Å². The fourth-order valence-electron chi connectivity index (χ4n) is 3.00. The highest BCUT2D eigenvalue weighted by molar-refractivity contribution is 6.30. The van der Waals surface area contributed by atoms with Crippen molar-refractivity contribution >= 4 is 29.4 Å². The fraction of sp³-hybridized carbons (Fsp3) is 0.471. The van der Waals surface area contributed by atoms with Gasteiger partial charge >= 0.3 is 5.97 Å². The number of nitrogens with one attached hydrogen (secondary N) is 2. The number of carbonyl (C=O) groups is 3. The third-order valence-corrected chi connectivity index (χ3v) is 4.44. The van der Waals surface area contributed by atoms with Crippen LogP contribution in [-0.4, -0.2) is 28.9 Å². The van der Waals surface area contributed by atoms with Crippen LogP contribution in [0.2, 0.25) is 5.02 Å². The third-order valence-electron chi connectivity index (χ3n) is 4.19. The van der Waals surface area contributed by atoms with Crippen molar-refractivity contribution in [1.82, 2.24) is 10.6 Å². The predicted octanol–water partition coefficient (Wildman–Crippen LogP) is 2.28. The van der Waals surface area contributed by atoms with Crippen LogP contribution in [0.15, 0.2) is 24.3 Å². The minimum absolute atomic E-state index is 0.0927. The summed E-state index contributed by atoms with van der Waals surface area (Å²) in [5.74, 6) is -1.64. The number of rotatable bonds is 6. The SMILES string of the molecule is CC(=O)NC(CC(=O)N[C@H]1CC[C@@H](C(=O)O)C1)c1ccc(Cl)cc1. The number of hydrogen-bond acceptors (Lipinski definition) is 3. The van der Waals surface area contributed by atoms with E-state index in [9.17, 15) is 14.4 Å². The lowest BCUT2D eigenvalue weighted by Gasteiger charge is -2.20. The Morgan fingerprint density at radius 3 is 2.46 bits per heavy atom. The quantitative estimate of drug-likeness (QED) is 0.731. The van der Waals surface area contributed by atoms with Crippen LogP contribution >= 0.6 is 11.6 Å². The summed E-state index contributed by atoms with van der Waals surface area (Å²) in [4.78, 5) is 34.6. The average Bonchev–Trinajstić information content (AvgIpc) is 2.95. The molecule has 0 aromatic heterocycles. The third kappa shape index (κ3) is 5.23. The maximum atomic E-state index is 12.3. The van der Waals surface area contributed by atoms with Crippen LogP contribution in [0.1, 0.15) is 44.2 Å². The molecule has 1 saturated carbocycles. The van der Waals surface area contributed by atoms with Crippen LogP contribution in [-0.2, 0) is 14.4 Å². The lowest BCUT2D eigenvalue weighted by molar-refractivity contribution is -0.141. The van der Waals surface area contributed by atoms with Gasteiger partial charge in [-0.15, -0.1) is 0 Å². The number of benzene rings is 1. The Balaban J connectivity index is 1.96. The van der Waals surface area contributed by atoms with Crippen molar-refractivity contribution in [2.24, 2.45) is 5.92 Å². The zero-order valence-electron chi connectivity index (χ0n) is 13.4. The predicted molar refractivity (Wildman–Crippen MR) is 89.5 cm³/mol. The summed E-state index contributed by atoms with van der Waals surface area (Å²) in [5.41, 5.74) is 0.791. The zero-order chi connectivity index (χ0) is 17.7. The van der Waals surface area contributed by atoms with Crippen molar-refractivity contribution in [3.8, 4) is 0 Å². The Hall–Kier alpha value is -2.08. The van der Waals surface area contributed by atoms with Crippen LogP contribution in [0.3, 0.4) is 0 Å². The van der Waals surface area contributed by atoms with Crippen LogP contribution in [0, 0.1) is 5.92 Å². The minimum atomic E-state index is -0.816. The molecule has 1 aliphatic rings. The van der Waals surface area contributed by atoms with Crippen molar-refractivity contribution in [3.05, 3.63) is 34.9 Å². The standard InChI is InChI=1S/C17H21ClN2O4/c1-10(21)19-15(11-2-5-13(18)6-3-11)9-16(22)20-14-7-4-12(8-14)17(23)24/h2-3,5-6,12,14-15H,4,7-9H2,1H3,(H,19,21)(H,20,22)(H,23,24)/t12-,14+,15?/m1/s1. The molecular formula is C17H21ClN2O4. The highest BCUT2D eigenvalue weighted by Gasteiger charge is 2.31. The minimum Gasteiger partial charge on any atom is -0.481 e. The van der Waals surface area contributed by atoms with Gasteiger partial charge in [-0.25, -0.2) is 0 Å². The first-order valence-electron chi connectivity index (χ1n) is 7.90. The highest BCUT2D eigenvalue weighted by atomic mass is 35.5. The van der Waals surface area contributed by atoms with E-state index in [1.807, 2.05) is 0 Å². The Morgan fingerprint density at radius 1 is 1.25 bits per heavy atom. The van der Waals surface area contributed by atoms with Gasteiger partial charge in [-0.05, 0) is 37.0 Å². The van der Waals surface area contributed by atoms with Gasteiger partial charge in [0, 0.05) is 18.0 Å². The van der Waals surface area contributed by atoms with Crippen LogP contribution in [0.25, 0.3) is 0 Å². The summed E-state index contributed by atoms with van der Waals surface area (Å²) in [6.07, 6.45) is 1.78. The number of aliphatic carboxylic acids is 1.